The summed E-state index contributed by atoms with van der Waals surface area (Å²) in [5.41, 5.74) is 6.80. The zero-order valence-electron chi connectivity index (χ0n) is 19.1. The van der Waals surface area contributed by atoms with Crippen molar-refractivity contribution < 1.29 is 18.3 Å². The van der Waals surface area contributed by atoms with Gasteiger partial charge in [0.25, 0.3) is 5.91 Å². The number of aromatic hydroxyl groups is 1. The van der Waals surface area contributed by atoms with Gasteiger partial charge in [-0.2, -0.15) is 4.21 Å². The number of nitrogens with one attached hydrogen (secondary N) is 2. The fourth-order valence-electron chi connectivity index (χ4n) is 3.51. The van der Waals surface area contributed by atoms with Gasteiger partial charge in [-0.15, -0.1) is 0 Å². The Kier molecular flexibility index (Phi) is 6.89. The molecule has 0 saturated carbocycles. The average Bonchev–Trinajstić information content (AvgIpc) is 2.77. The van der Waals surface area contributed by atoms with Crippen molar-refractivity contribution in [3.63, 3.8) is 0 Å². The summed E-state index contributed by atoms with van der Waals surface area (Å²) in [6.45, 7) is 11.6. The minimum Gasteiger partial charge on any atom is -0.507 e. The van der Waals surface area contributed by atoms with Crippen LogP contribution in [-0.2, 0) is 11.3 Å². The van der Waals surface area contributed by atoms with Crippen LogP contribution in [0.2, 0.25) is 0 Å². The molecule has 0 spiro atoms. The Hall–Kier alpha value is -3.32. The Morgan fingerprint density at radius 1 is 0.844 bits per heavy atom. The fourth-order valence-corrected chi connectivity index (χ4v) is 4.27. The third kappa shape index (κ3) is 4.78. The second-order valence-electron chi connectivity index (χ2n) is 7.88. The SMILES string of the molecule is Cc1cc(NS(=O)Oc2c(C)c(C)c(C)c(C)c2C)cc(C(=O)Nc2ccccc2)c1O. The Morgan fingerprint density at radius 2 is 1.41 bits per heavy atom. The van der Waals surface area contributed by atoms with Crippen molar-refractivity contribution in [3.8, 4) is 11.5 Å². The number of benzene rings is 3. The highest BCUT2D eigenvalue weighted by atomic mass is 32.2. The number of carbonyl (C=O) groups excluding carboxylic acids is 1. The molecule has 0 aliphatic heterocycles. The van der Waals surface area contributed by atoms with Gasteiger partial charge in [0, 0.05) is 5.69 Å². The molecule has 3 N–H and O–H groups in total. The number of hydrogen-bond acceptors (Lipinski definition) is 4. The van der Waals surface area contributed by atoms with Crippen molar-refractivity contribution in [2.24, 2.45) is 0 Å². The zero-order chi connectivity index (χ0) is 23.6. The Morgan fingerprint density at radius 3 is 2.00 bits per heavy atom. The molecule has 7 heteroatoms. The van der Waals surface area contributed by atoms with Gasteiger partial charge in [-0.3, -0.25) is 9.52 Å². The summed E-state index contributed by atoms with van der Waals surface area (Å²) >= 11 is -1.90. The standard InChI is InChI=1S/C25H28N2O4S/c1-14-12-21(13-22(23(14)28)25(29)26-20-10-8-7-9-11-20)27-32(30)31-24-18(5)16(3)15(2)17(4)19(24)6/h7-13,27-28H,1-6H3,(H,26,29). The smallest absolute Gasteiger partial charge is 0.316 e. The van der Waals surface area contributed by atoms with E-state index < -0.39 is 17.2 Å². The minimum atomic E-state index is -1.90. The van der Waals surface area contributed by atoms with E-state index >= 15 is 0 Å². The maximum Gasteiger partial charge on any atom is 0.316 e. The molecule has 168 valence electrons. The Labute approximate surface area is 191 Å². The van der Waals surface area contributed by atoms with E-state index in [0.717, 1.165) is 22.3 Å². The summed E-state index contributed by atoms with van der Waals surface area (Å²) in [6, 6.07) is 12.0. The molecule has 0 heterocycles. The van der Waals surface area contributed by atoms with Crippen LogP contribution in [-0.4, -0.2) is 15.2 Å². The lowest BCUT2D eigenvalue weighted by Crippen LogP contribution is -2.16. The number of para-hydroxylation sites is 1. The number of hydrogen-bond donors (Lipinski definition) is 3. The molecule has 1 unspecified atom stereocenters. The number of phenols is 1. The van der Waals surface area contributed by atoms with Crippen molar-refractivity contribution in [1.82, 2.24) is 0 Å². The second kappa shape index (κ2) is 9.44. The lowest BCUT2D eigenvalue weighted by atomic mass is 9.94. The number of carbonyl (C=O) groups is 1. The summed E-state index contributed by atoms with van der Waals surface area (Å²) in [6.07, 6.45) is 0. The van der Waals surface area contributed by atoms with Crippen LogP contribution in [0.15, 0.2) is 42.5 Å². The van der Waals surface area contributed by atoms with Gasteiger partial charge in [0.1, 0.15) is 11.5 Å². The van der Waals surface area contributed by atoms with Crippen LogP contribution in [0, 0.1) is 41.5 Å². The van der Waals surface area contributed by atoms with Crippen LogP contribution < -0.4 is 14.2 Å². The Balaban J connectivity index is 1.84. The third-order valence-corrected chi connectivity index (χ3v) is 6.59. The molecule has 0 saturated heterocycles. The molecule has 3 rings (SSSR count). The topological polar surface area (TPSA) is 87.7 Å². The lowest BCUT2D eigenvalue weighted by Gasteiger charge is -2.18. The summed E-state index contributed by atoms with van der Waals surface area (Å²) in [7, 11) is 0. The lowest BCUT2D eigenvalue weighted by molar-refractivity contribution is 0.102. The van der Waals surface area contributed by atoms with E-state index in [0.29, 0.717) is 22.7 Å². The van der Waals surface area contributed by atoms with E-state index in [1.54, 1.807) is 37.3 Å². The molecule has 0 aliphatic rings. The number of phenolic OH excluding ortho intramolecular Hbond substituents is 1. The van der Waals surface area contributed by atoms with Crippen molar-refractivity contribution in [2.45, 2.75) is 41.5 Å². The maximum atomic E-state index is 12.8. The molecule has 1 amide bonds. The van der Waals surface area contributed by atoms with Crippen molar-refractivity contribution in [1.29, 1.82) is 0 Å². The molecule has 0 fully saturated rings. The van der Waals surface area contributed by atoms with Crippen LogP contribution in [0.5, 0.6) is 11.5 Å². The van der Waals surface area contributed by atoms with Crippen LogP contribution in [0.4, 0.5) is 11.4 Å². The van der Waals surface area contributed by atoms with Gasteiger partial charge in [-0.05, 0) is 99.2 Å². The normalized spacial score (nSPS) is 11.7. The molecule has 32 heavy (non-hydrogen) atoms. The van der Waals surface area contributed by atoms with Crippen molar-refractivity contribution in [3.05, 3.63) is 81.4 Å². The van der Waals surface area contributed by atoms with Crippen LogP contribution >= 0.6 is 0 Å². The average molecular weight is 453 g/mol. The first-order valence-electron chi connectivity index (χ1n) is 10.2. The molecule has 6 nitrogen and oxygen atoms in total. The highest BCUT2D eigenvalue weighted by Crippen LogP contribution is 2.33. The summed E-state index contributed by atoms with van der Waals surface area (Å²) < 4.78 is 21.3. The molecule has 0 bridgehead atoms. The molecular formula is C25H28N2O4S. The predicted molar refractivity (Wildman–Crippen MR) is 130 cm³/mol. The molecular weight excluding hydrogens is 424 g/mol. The molecule has 3 aromatic carbocycles. The first-order chi connectivity index (χ1) is 15.1. The van der Waals surface area contributed by atoms with Crippen molar-refractivity contribution >= 4 is 28.5 Å². The second-order valence-corrected chi connectivity index (χ2v) is 8.72. The third-order valence-electron chi connectivity index (χ3n) is 5.87. The highest BCUT2D eigenvalue weighted by molar-refractivity contribution is 7.82. The van der Waals surface area contributed by atoms with E-state index in [1.807, 2.05) is 33.8 Å². The van der Waals surface area contributed by atoms with Gasteiger partial charge < -0.3 is 14.6 Å². The molecule has 0 aromatic heterocycles. The number of anilines is 2. The monoisotopic (exact) mass is 452 g/mol. The first kappa shape index (κ1) is 23.3. The zero-order valence-corrected chi connectivity index (χ0v) is 19.9. The predicted octanol–water partition coefficient (Wildman–Crippen LogP) is 5.56. The van der Waals surface area contributed by atoms with Crippen molar-refractivity contribution in [2.75, 3.05) is 10.0 Å². The maximum absolute atomic E-state index is 12.8. The van der Waals surface area contributed by atoms with Gasteiger partial charge in [0.15, 0.2) is 0 Å². The van der Waals surface area contributed by atoms with Gasteiger partial charge in [-0.25, -0.2) is 0 Å². The van der Waals surface area contributed by atoms with E-state index in [2.05, 4.69) is 17.0 Å². The molecule has 3 aromatic rings. The van der Waals surface area contributed by atoms with Crippen LogP contribution in [0.3, 0.4) is 0 Å². The molecule has 1 atom stereocenters. The fraction of sp³-hybridized carbons (Fsp3) is 0.240. The highest BCUT2D eigenvalue weighted by Gasteiger charge is 2.18. The molecule has 0 aliphatic carbocycles. The molecule has 0 radical (unpaired) electrons. The van der Waals surface area contributed by atoms with Gasteiger partial charge in [0.2, 0.25) is 0 Å². The van der Waals surface area contributed by atoms with E-state index in [9.17, 15) is 14.1 Å². The summed E-state index contributed by atoms with van der Waals surface area (Å²) in [5, 5.41) is 13.1. The number of amides is 1. The minimum absolute atomic E-state index is 0.0720. The quantitative estimate of drug-likeness (QED) is 0.427. The largest absolute Gasteiger partial charge is 0.507 e. The van der Waals surface area contributed by atoms with Gasteiger partial charge in [-0.1, -0.05) is 18.2 Å². The number of aryl methyl sites for hydroxylation is 1. The van der Waals surface area contributed by atoms with E-state index in [4.69, 9.17) is 4.18 Å². The Bertz CT molecular complexity index is 1180. The van der Waals surface area contributed by atoms with E-state index in [-0.39, 0.29) is 11.3 Å². The first-order valence-corrected chi connectivity index (χ1v) is 11.3. The van der Waals surface area contributed by atoms with Crippen LogP contribution in [0.1, 0.15) is 43.7 Å². The van der Waals surface area contributed by atoms with Crippen LogP contribution in [0.25, 0.3) is 0 Å². The summed E-state index contributed by atoms with van der Waals surface area (Å²) in [4.78, 5) is 12.7. The van der Waals surface area contributed by atoms with E-state index in [1.165, 1.54) is 11.6 Å². The van der Waals surface area contributed by atoms with Gasteiger partial charge in [0.05, 0.1) is 11.3 Å². The summed E-state index contributed by atoms with van der Waals surface area (Å²) in [5.74, 6) is -0.0234. The number of rotatable bonds is 6. The van der Waals surface area contributed by atoms with Gasteiger partial charge >= 0.3 is 11.3 Å².